The Labute approximate surface area is 164 Å². The summed E-state index contributed by atoms with van der Waals surface area (Å²) in [6.07, 6.45) is -2.79. The molecule has 130 valence electrons. The van der Waals surface area contributed by atoms with Gasteiger partial charge in [0.2, 0.25) is 0 Å². The van der Waals surface area contributed by atoms with Gasteiger partial charge in [0.15, 0.2) is 21.9 Å². The van der Waals surface area contributed by atoms with E-state index in [9.17, 15) is 23.7 Å². The van der Waals surface area contributed by atoms with Gasteiger partial charge in [-0.05, 0) is 18.1 Å². The third-order valence-electron chi connectivity index (χ3n) is 4.15. The van der Waals surface area contributed by atoms with E-state index in [1.807, 2.05) is 0 Å². The largest absolute Gasteiger partial charge is 0.366 e. The second kappa shape index (κ2) is 8.66. The Hall–Kier alpha value is 0.387. The monoisotopic (exact) mass is 684 g/mol. The van der Waals surface area contributed by atoms with Gasteiger partial charge in [0, 0.05) is 48.0 Å². The molecule has 3 unspecified atom stereocenters. The van der Waals surface area contributed by atoms with E-state index in [0.717, 1.165) is 0 Å². The average Bonchev–Trinajstić information content (AvgIpc) is 2.64. The first-order valence-corrected chi connectivity index (χ1v) is 8.37. The summed E-state index contributed by atoms with van der Waals surface area (Å²) in [5.74, 6) is -3.51. The molecule has 0 spiro atoms. The van der Waals surface area contributed by atoms with Crippen LogP contribution in [-0.2, 0) is 56.7 Å². The van der Waals surface area contributed by atoms with Gasteiger partial charge in [-0.2, -0.15) is 0 Å². The van der Waals surface area contributed by atoms with Crippen LogP contribution < -0.4 is 0 Å². The molecule has 1 aliphatic heterocycles. The summed E-state index contributed by atoms with van der Waals surface area (Å²) < 4.78 is 30.0. The number of sulfone groups is 1. The van der Waals surface area contributed by atoms with Crippen LogP contribution in [0.3, 0.4) is 0 Å². The quantitative estimate of drug-likeness (QED) is 0.390. The van der Waals surface area contributed by atoms with E-state index < -0.39 is 39.7 Å². The molecule has 2 rings (SSSR count). The van der Waals surface area contributed by atoms with E-state index in [2.05, 4.69) is 0 Å². The van der Waals surface area contributed by atoms with Gasteiger partial charge in [0.25, 0.3) is 0 Å². The summed E-state index contributed by atoms with van der Waals surface area (Å²) >= 11 is 0. The Morgan fingerprint density at radius 2 is 1.70 bits per heavy atom. The second-order valence-corrected chi connectivity index (χ2v) is 7.55. The molecule has 1 aliphatic rings. The minimum absolute atomic E-state index is 0. The standard InChI is InChI=1S/C14H20O6S.2W/c1-9-10(2)14(17,20-12(9)13(15)16)8-21(18,19)11-6-4-3-5-7-11;;/h3-7,9-10,12-13,15-17H,8H2,1-2H3;;/t9?,10?,12-,14?;;/m0../s1. The average molecular weight is 684 g/mol. The Kier molecular flexibility index (Phi) is 8.81. The number of ether oxygens (including phenoxy) is 1. The number of benzene rings is 1. The first kappa shape index (κ1) is 23.4. The zero-order valence-electron chi connectivity index (χ0n) is 12.7. The molecule has 0 radical (unpaired) electrons. The van der Waals surface area contributed by atoms with Gasteiger partial charge in [0.05, 0.1) is 4.90 Å². The Morgan fingerprint density at radius 1 is 1.17 bits per heavy atom. The van der Waals surface area contributed by atoms with Crippen molar-refractivity contribution in [3.05, 3.63) is 30.3 Å². The van der Waals surface area contributed by atoms with Gasteiger partial charge in [0.1, 0.15) is 11.9 Å². The van der Waals surface area contributed by atoms with Crippen LogP contribution in [-0.4, -0.2) is 47.7 Å². The minimum atomic E-state index is -3.75. The molecular weight excluding hydrogens is 664 g/mol. The van der Waals surface area contributed by atoms with Crippen LogP contribution in [0, 0.1) is 11.8 Å². The number of aliphatic hydroxyl groups is 3. The van der Waals surface area contributed by atoms with E-state index in [1.54, 1.807) is 32.0 Å². The first-order valence-electron chi connectivity index (χ1n) is 6.71. The van der Waals surface area contributed by atoms with Crippen LogP contribution in [0.2, 0.25) is 0 Å². The maximum Gasteiger partial charge on any atom is 0.183 e. The molecule has 1 aromatic rings. The van der Waals surface area contributed by atoms with Crippen molar-refractivity contribution in [1.29, 1.82) is 0 Å². The number of rotatable bonds is 4. The van der Waals surface area contributed by atoms with Crippen molar-refractivity contribution in [3.63, 3.8) is 0 Å². The van der Waals surface area contributed by atoms with Crippen molar-refractivity contribution < 1.29 is 70.6 Å². The fourth-order valence-electron chi connectivity index (χ4n) is 2.63. The number of hydrogen-bond donors (Lipinski definition) is 3. The molecule has 0 bridgehead atoms. The van der Waals surface area contributed by atoms with Crippen molar-refractivity contribution in [3.8, 4) is 0 Å². The summed E-state index contributed by atoms with van der Waals surface area (Å²) in [5.41, 5.74) is 0. The zero-order valence-corrected chi connectivity index (χ0v) is 19.4. The predicted octanol–water partition coefficient (Wildman–Crippen LogP) is 0.126. The summed E-state index contributed by atoms with van der Waals surface area (Å²) in [5, 5.41) is 29.0. The van der Waals surface area contributed by atoms with Crippen molar-refractivity contribution in [1.82, 2.24) is 0 Å². The van der Waals surface area contributed by atoms with E-state index in [4.69, 9.17) is 4.74 Å². The normalized spacial score (nSPS) is 30.6. The maximum absolute atomic E-state index is 12.4. The second-order valence-electron chi connectivity index (χ2n) is 5.56. The molecule has 1 aromatic carbocycles. The Bertz CT molecular complexity index is 595. The molecule has 0 amide bonds. The molecule has 0 saturated carbocycles. The molecule has 6 nitrogen and oxygen atoms in total. The van der Waals surface area contributed by atoms with Gasteiger partial charge in [-0.25, -0.2) is 8.42 Å². The molecule has 3 N–H and O–H groups in total. The Morgan fingerprint density at radius 3 is 2.13 bits per heavy atom. The van der Waals surface area contributed by atoms with Gasteiger partial charge in [-0.1, -0.05) is 32.0 Å². The van der Waals surface area contributed by atoms with E-state index in [-0.39, 0.29) is 52.9 Å². The van der Waals surface area contributed by atoms with Crippen LogP contribution in [0.15, 0.2) is 35.2 Å². The van der Waals surface area contributed by atoms with Crippen LogP contribution in [0.25, 0.3) is 0 Å². The molecule has 0 aromatic heterocycles. The third-order valence-corrected chi connectivity index (χ3v) is 5.94. The maximum atomic E-state index is 12.4. The van der Waals surface area contributed by atoms with E-state index in [0.29, 0.717) is 0 Å². The van der Waals surface area contributed by atoms with Crippen molar-refractivity contribution in [2.45, 2.75) is 36.9 Å². The molecule has 4 atom stereocenters. The fourth-order valence-corrected chi connectivity index (χ4v) is 4.24. The first-order chi connectivity index (χ1) is 9.67. The smallest absolute Gasteiger partial charge is 0.183 e. The van der Waals surface area contributed by atoms with E-state index in [1.165, 1.54) is 12.1 Å². The molecule has 9 heteroatoms. The third kappa shape index (κ3) is 4.94. The molecule has 1 heterocycles. The topological polar surface area (TPSA) is 104 Å². The SMILES string of the molecule is CC1C(C)C(O)(CS(=O)(=O)c2ccccc2)O[C@@H]1C(O)O.[W].[W]. The van der Waals surface area contributed by atoms with Gasteiger partial charge < -0.3 is 20.1 Å². The van der Waals surface area contributed by atoms with Crippen LogP contribution in [0.5, 0.6) is 0 Å². The summed E-state index contributed by atoms with van der Waals surface area (Å²) in [4.78, 5) is 0.0925. The van der Waals surface area contributed by atoms with Gasteiger partial charge in [-0.15, -0.1) is 0 Å². The van der Waals surface area contributed by atoms with Crippen molar-refractivity contribution in [2.75, 3.05) is 5.75 Å². The molecule has 1 saturated heterocycles. The van der Waals surface area contributed by atoms with Crippen LogP contribution in [0.4, 0.5) is 0 Å². The van der Waals surface area contributed by atoms with Crippen molar-refractivity contribution in [2.24, 2.45) is 11.8 Å². The van der Waals surface area contributed by atoms with E-state index >= 15 is 0 Å². The molecule has 1 fully saturated rings. The predicted molar refractivity (Wildman–Crippen MR) is 74.9 cm³/mol. The fraction of sp³-hybridized carbons (Fsp3) is 0.571. The summed E-state index contributed by atoms with van der Waals surface area (Å²) in [6, 6.07) is 7.78. The number of aliphatic hydroxyl groups excluding tert-OH is 1. The molecule has 23 heavy (non-hydrogen) atoms. The zero-order chi connectivity index (χ0) is 15.8. The Balaban J connectivity index is 0.00000242. The molecular formula is C14H20O6SW2. The summed E-state index contributed by atoms with van der Waals surface area (Å²) in [6.45, 7) is 3.31. The van der Waals surface area contributed by atoms with Crippen LogP contribution >= 0.6 is 0 Å². The summed E-state index contributed by atoms with van der Waals surface area (Å²) in [7, 11) is -3.75. The molecule has 0 aliphatic carbocycles. The number of hydrogen-bond acceptors (Lipinski definition) is 6. The van der Waals surface area contributed by atoms with Crippen LogP contribution in [0.1, 0.15) is 13.8 Å². The van der Waals surface area contributed by atoms with Gasteiger partial charge in [-0.3, -0.25) is 0 Å². The minimum Gasteiger partial charge on any atom is -0.366 e. The van der Waals surface area contributed by atoms with Crippen molar-refractivity contribution >= 4 is 9.84 Å². The van der Waals surface area contributed by atoms with Gasteiger partial charge >= 0.3 is 0 Å².